The number of hydrogen-bond donors (Lipinski definition) is 2. The van der Waals surface area contributed by atoms with Gasteiger partial charge in [0.2, 0.25) is 0 Å². The van der Waals surface area contributed by atoms with Crippen LogP contribution in [0.15, 0.2) is 22.7 Å². The number of benzene rings is 1. The largest absolute Gasteiger partial charge is 0.478 e. The topological polar surface area (TPSA) is 49.3 Å². The van der Waals surface area contributed by atoms with Gasteiger partial charge in [-0.1, -0.05) is 20.8 Å². The van der Waals surface area contributed by atoms with Gasteiger partial charge in [-0.3, -0.25) is 0 Å². The molecule has 1 aromatic rings. The molecule has 0 aliphatic carbocycles. The highest BCUT2D eigenvalue weighted by Gasteiger charge is 2.11. The van der Waals surface area contributed by atoms with Crippen molar-refractivity contribution in [3.63, 3.8) is 0 Å². The van der Waals surface area contributed by atoms with Crippen LogP contribution < -0.4 is 5.32 Å². The summed E-state index contributed by atoms with van der Waals surface area (Å²) >= 11 is 3.36. The van der Waals surface area contributed by atoms with E-state index in [4.69, 9.17) is 5.11 Å². The van der Waals surface area contributed by atoms with Gasteiger partial charge in [0, 0.05) is 16.7 Å². The molecule has 16 heavy (non-hydrogen) atoms. The summed E-state index contributed by atoms with van der Waals surface area (Å²) in [4.78, 5) is 10.7. The zero-order chi connectivity index (χ0) is 12.3. The predicted octanol–water partition coefficient (Wildman–Crippen LogP) is 3.61. The summed E-state index contributed by atoms with van der Waals surface area (Å²) in [7, 11) is 0. The molecule has 3 nitrogen and oxygen atoms in total. The molecule has 4 heteroatoms. The molecule has 0 fully saturated rings. The van der Waals surface area contributed by atoms with Gasteiger partial charge in [0.1, 0.15) is 0 Å². The Morgan fingerprint density at radius 2 is 2.06 bits per heavy atom. The summed E-state index contributed by atoms with van der Waals surface area (Å²) in [5, 5.41) is 12.1. The van der Waals surface area contributed by atoms with E-state index in [0.29, 0.717) is 0 Å². The molecule has 0 aliphatic heterocycles. The third-order valence-electron chi connectivity index (χ3n) is 2.03. The van der Waals surface area contributed by atoms with Crippen molar-refractivity contribution < 1.29 is 9.90 Å². The first kappa shape index (κ1) is 13.0. The molecular weight excluding hydrogens is 270 g/mol. The van der Waals surface area contributed by atoms with Gasteiger partial charge in [0.25, 0.3) is 0 Å². The molecule has 0 atom stereocenters. The Balaban J connectivity index is 2.80. The molecule has 0 aliphatic rings. The Hall–Kier alpha value is -1.03. The van der Waals surface area contributed by atoms with Crippen LogP contribution in [0.25, 0.3) is 0 Å². The van der Waals surface area contributed by atoms with Gasteiger partial charge in [0.15, 0.2) is 0 Å². The number of carboxylic acid groups (broad SMARTS) is 1. The van der Waals surface area contributed by atoms with Crippen molar-refractivity contribution in [2.75, 3.05) is 11.9 Å². The third kappa shape index (κ3) is 3.85. The second-order valence-electron chi connectivity index (χ2n) is 4.91. The zero-order valence-corrected chi connectivity index (χ0v) is 11.3. The normalized spacial score (nSPS) is 11.2. The van der Waals surface area contributed by atoms with Crippen LogP contribution in [0.2, 0.25) is 0 Å². The van der Waals surface area contributed by atoms with Crippen LogP contribution in [0.5, 0.6) is 0 Å². The number of halogens is 1. The van der Waals surface area contributed by atoms with Crippen LogP contribution >= 0.6 is 15.9 Å². The first-order valence-corrected chi connectivity index (χ1v) is 5.85. The Bertz CT molecular complexity index is 396. The van der Waals surface area contributed by atoms with E-state index in [0.717, 1.165) is 16.7 Å². The zero-order valence-electron chi connectivity index (χ0n) is 9.67. The molecule has 0 heterocycles. The molecule has 0 saturated heterocycles. The Labute approximate surface area is 104 Å². The van der Waals surface area contributed by atoms with Gasteiger partial charge >= 0.3 is 5.97 Å². The lowest BCUT2D eigenvalue weighted by molar-refractivity contribution is 0.0697. The Morgan fingerprint density at radius 3 is 2.50 bits per heavy atom. The molecular formula is C12H16BrNO2. The number of rotatable bonds is 3. The monoisotopic (exact) mass is 285 g/mol. The standard InChI is InChI=1S/C12H16BrNO2/c1-12(2,3)7-14-10-5-4-8(11(15)16)6-9(10)13/h4-6,14H,7H2,1-3H3,(H,15,16). The average molecular weight is 286 g/mol. The van der Waals surface area contributed by atoms with Crippen LogP contribution in [0, 0.1) is 5.41 Å². The molecule has 0 unspecified atom stereocenters. The number of anilines is 1. The summed E-state index contributed by atoms with van der Waals surface area (Å²) in [5.41, 5.74) is 1.39. The van der Waals surface area contributed by atoms with E-state index in [2.05, 4.69) is 42.0 Å². The van der Waals surface area contributed by atoms with Crippen molar-refractivity contribution >= 4 is 27.6 Å². The lowest BCUT2D eigenvalue weighted by Crippen LogP contribution is -2.19. The highest BCUT2D eigenvalue weighted by molar-refractivity contribution is 9.10. The van der Waals surface area contributed by atoms with Crippen molar-refractivity contribution in [1.82, 2.24) is 0 Å². The molecule has 0 saturated carbocycles. The van der Waals surface area contributed by atoms with E-state index in [1.807, 2.05) is 0 Å². The highest BCUT2D eigenvalue weighted by atomic mass is 79.9. The lowest BCUT2D eigenvalue weighted by atomic mass is 9.97. The molecule has 88 valence electrons. The quantitative estimate of drug-likeness (QED) is 0.892. The SMILES string of the molecule is CC(C)(C)CNc1ccc(C(=O)O)cc1Br. The first-order valence-electron chi connectivity index (χ1n) is 5.06. The Kier molecular flexibility index (Phi) is 3.97. The minimum atomic E-state index is -0.914. The fourth-order valence-electron chi connectivity index (χ4n) is 1.15. The van der Waals surface area contributed by atoms with Gasteiger partial charge in [-0.05, 0) is 39.5 Å². The molecule has 0 aromatic heterocycles. The number of nitrogens with one attached hydrogen (secondary N) is 1. The predicted molar refractivity (Wildman–Crippen MR) is 69.0 cm³/mol. The van der Waals surface area contributed by atoms with E-state index < -0.39 is 5.97 Å². The number of carboxylic acids is 1. The maximum absolute atomic E-state index is 10.7. The first-order chi connectivity index (χ1) is 7.29. The molecule has 0 radical (unpaired) electrons. The van der Waals surface area contributed by atoms with Crippen molar-refractivity contribution in [3.8, 4) is 0 Å². The van der Waals surface area contributed by atoms with E-state index in [1.54, 1.807) is 18.2 Å². The second kappa shape index (κ2) is 4.87. The Morgan fingerprint density at radius 1 is 1.44 bits per heavy atom. The molecule has 0 spiro atoms. The molecule has 0 amide bonds. The highest BCUT2D eigenvalue weighted by Crippen LogP contribution is 2.25. The summed E-state index contributed by atoms with van der Waals surface area (Å²) in [6, 6.07) is 4.98. The van der Waals surface area contributed by atoms with Gasteiger partial charge in [-0.25, -0.2) is 4.79 Å². The average Bonchev–Trinajstić information content (AvgIpc) is 2.14. The van der Waals surface area contributed by atoms with Crippen LogP contribution in [-0.2, 0) is 0 Å². The summed E-state index contributed by atoms with van der Waals surface area (Å²) < 4.78 is 0.775. The van der Waals surface area contributed by atoms with Crippen molar-refractivity contribution in [1.29, 1.82) is 0 Å². The van der Waals surface area contributed by atoms with Crippen LogP contribution in [0.1, 0.15) is 31.1 Å². The smallest absolute Gasteiger partial charge is 0.335 e. The van der Waals surface area contributed by atoms with Crippen molar-refractivity contribution in [2.45, 2.75) is 20.8 Å². The van der Waals surface area contributed by atoms with Gasteiger partial charge in [-0.15, -0.1) is 0 Å². The van der Waals surface area contributed by atoms with Gasteiger partial charge < -0.3 is 10.4 Å². The molecule has 1 rings (SSSR count). The molecule has 0 bridgehead atoms. The summed E-state index contributed by atoms with van der Waals surface area (Å²) in [5.74, 6) is -0.914. The lowest BCUT2D eigenvalue weighted by Gasteiger charge is -2.20. The molecule has 2 N–H and O–H groups in total. The fourth-order valence-corrected chi connectivity index (χ4v) is 1.67. The summed E-state index contributed by atoms with van der Waals surface area (Å²) in [6.45, 7) is 7.25. The van der Waals surface area contributed by atoms with Crippen LogP contribution in [0.4, 0.5) is 5.69 Å². The van der Waals surface area contributed by atoms with E-state index in [-0.39, 0.29) is 11.0 Å². The fraction of sp³-hybridized carbons (Fsp3) is 0.417. The minimum absolute atomic E-state index is 0.185. The number of aromatic carboxylic acids is 1. The van der Waals surface area contributed by atoms with E-state index in [9.17, 15) is 4.79 Å². The van der Waals surface area contributed by atoms with Gasteiger partial charge in [0.05, 0.1) is 5.56 Å². The van der Waals surface area contributed by atoms with Gasteiger partial charge in [-0.2, -0.15) is 0 Å². The van der Waals surface area contributed by atoms with Crippen LogP contribution in [-0.4, -0.2) is 17.6 Å². The molecule has 1 aromatic carbocycles. The maximum Gasteiger partial charge on any atom is 0.335 e. The number of carbonyl (C=O) groups is 1. The van der Waals surface area contributed by atoms with E-state index in [1.165, 1.54) is 0 Å². The maximum atomic E-state index is 10.7. The van der Waals surface area contributed by atoms with Crippen molar-refractivity contribution in [3.05, 3.63) is 28.2 Å². The van der Waals surface area contributed by atoms with E-state index >= 15 is 0 Å². The summed E-state index contributed by atoms with van der Waals surface area (Å²) in [6.07, 6.45) is 0. The van der Waals surface area contributed by atoms with Crippen molar-refractivity contribution in [2.24, 2.45) is 5.41 Å². The van der Waals surface area contributed by atoms with Crippen LogP contribution in [0.3, 0.4) is 0 Å². The number of hydrogen-bond acceptors (Lipinski definition) is 2. The minimum Gasteiger partial charge on any atom is -0.478 e. The third-order valence-corrected chi connectivity index (χ3v) is 2.68. The second-order valence-corrected chi connectivity index (χ2v) is 5.77.